The monoisotopic (exact) mass is 374 g/mol. The van der Waals surface area contributed by atoms with Crippen molar-refractivity contribution in [2.24, 2.45) is 0 Å². The molecule has 10 heteroatoms. The molecule has 0 bridgehead atoms. The van der Waals surface area contributed by atoms with Crippen LogP contribution in [-0.2, 0) is 20.9 Å². The maximum absolute atomic E-state index is 12.0. The van der Waals surface area contributed by atoms with Gasteiger partial charge in [-0.25, -0.2) is 4.79 Å². The van der Waals surface area contributed by atoms with E-state index in [2.05, 4.69) is 26.8 Å². The second-order valence-electron chi connectivity index (χ2n) is 6.08. The van der Waals surface area contributed by atoms with Gasteiger partial charge in [0.05, 0.1) is 10.9 Å². The largest absolute Gasteiger partial charge is 0.454 e. The van der Waals surface area contributed by atoms with Crippen LogP contribution in [0.4, 0.5) is 0 Å². The number of nitrogens with one attached hydrogen (secondary N) is 1. The van der Waals surface area contributed by atoms with Crippen LogP contribution in [0.25, 0.3) is 10.7 Å². The van der Waals surface area contributed by atoms with Crippen molar-refractivity contribution in [1.29, 1.82) is 5.26 Å². The number of aromatic nitrogens is 4. The molecule has 1 fully saturated rings. The van der Waals surface area contributed by atoms with E-state index in [4.69, 9.17) is 4.74 Å². The number of esters is 1. The van der Waals surface area contributed by atoms with Gasteiger partial charge in [-0.15, -0.1) is 21.5 Å². The standard InChI is InChI=1S/C16H18N6O3S/c17-11-16(6-2-1-3-7-16)18-13(23)10-25-14(24)9-22-20-15(19-21-22)12-5-4-8-26-12/h4-5,8H,1-3,6-7,9-10H2,(H,18,23). The minimum Gasteiger partial charge on any atom is -0.454 e. The smallest absolute Gasteiger partial charge is 0.330 e. The Bertz CT molecular complexity index is 804. The van der Waals surface area contributed by atoms with Gasteiger partial charge in [0.1, 0.15) is 5.54 Å². The van der Waals surface area contributed by atoms with Crippen molar-refractivity contribution in [3.05, 3.63) is 17.5 Å². The molecule has 0 spiro atoms. The zero-order chi connectivity index (χ0) is 18.4. The summed E-state index contributed by atoms with van der Waals surface area (Å²) in [4.78, 5) is 25.8. The first kappa shape index (κ1) is 18.0. The summed E-state index contributed by atoms with van der Waals surface area (Å²) < 4.78 is 4.95. The quantitative estimate of drug-likeness (QED) is 0.756. The van der Waals surface area contributed by atoms with E-state index in [0.717, 1.165) is 28.9 Å². The molecule has 2 heterocycles. The van der Waals surface area contributed by atoms with E-state index in [0.29, 0.717) is 18.7 Å². The molecule has 26 heavy (non-hydrogen) atoms. The molecule has 0 aliphatic heterocycles. The lowest BCUT2D eigenvalue weighted by molar-refractivity contribution is -0.150. The SMILES string of the molecule is N#CC1(NC(=O)COC(=O)Cn2nnc(-c3cccs3)n2)CCCCC1. The summed E-state index contributed by atoms with van der Waals surface area (Å²) in [6.45, 7) is -0.677. The molecule has 2 aromatic rings. The number of nitrogens with zero attached hydrogens (tertiary/aromatic N) is 5. The van der Waals surface area contributed by atoms with Gasteiger partial charge >= 0.3 is 5.97 Å². The van der Waals surface area contributed by atoms with Gasteiger partial charge in [-0.05, 0) is 29.5 Å². The predicted molar refractivity (Wildman–Crippen MR) is 91.7 cm³/mol. The Labute approximate surface area is 153 Å². The minimum absolute atomic E-state index is 0.241. The van der Waals surface area contributed by atoms with Crippen LogP contribution in [0.1, 0.15) is 32.1 Å². The summed E-state index contributed by atoms with van der Waals surface area (Å²) in [5.41, 5.74) is -0.842. The number of hydrogen-bond donors (Lipinski definition) is 1. The number of carbonyl (C=O) groups excluding carboxylic acids is 2. The van der Waals surface area contributed by atoms with Crippen LogP contribution in [0, 0.1) is 11.3 Å². The topological polar surface area (TPSA) is 123 Å². The fourth-order valence-electron chi connectivity index (χ4n) is 2.84. The molecule has 0 atom stereocenters. The van der Waals surface area contributed by atoms with Crippen LogP contribution < -0.4 is 5.32 Å². The van der Waals surface area contributed by atoms with Gasteiger partial charge in [0.2, 0.25) is 5.82 Å². The molecule has 0 radical (unpaired) electrons. The number of carbonyl (C=O) groups is 2. The van der Waals surface area contributed by atoms with E-state index < -0.39 is 24.0 Å². The summed E-state index contributed by atoms with van der Waals surface area (Å²) in [6.07, 6.45) is 4.11. The summed E-state index contributed by atoms with van der Waals surface area (Å²) >= 11 is 1.47. The molecule has 2 aromatic heterocycles. The summed E-state index contributed by atoms with van der Waals surface area (Å²) in [7, 11) is 0. The predicted octanol–water partition coefficient (Wildman–Crippen LogP) is 1.29. The first-order valence-corrected chi connectivity index (χ1v) is 9.18. The van der Waals surface area contributed by atoms with E-state index in [1.807, 2.05) is 17.5 Å². The Morgan fingerprint density at radius 1 is 1.38 bits per heavy atom. The third-order valence-corrected chi connectivity index (χ3v) is 4.99. The second kappa shape index (κ2) is 8.05. The number of thiophene rings is 1. The van der Waals surface area contributed by atoms with Crippen molar-refractivity contribution in [3.8, 4) is 16.8 Å². The van der Waals surface area contributed by atoms with Gasteiger partial charge in [0, 0.05) is 0 Å². The van der Waals surface area contributed by atoms with Gasteiger partial charge in [-0.1, -0.05) is 25.3 Å². The number of rotatable bonds is 6. The highest BCUT2D eigenvalue weighted by Crippen LogP contribution is 2.27. The molecule has 0 unspecified atom stereocenters. The average Bonchev–Trinajstić information content (AvgIpc) is 3.32. The fourth-order valence-corrected chi connectivity index (χ4v) is 3.49. The molecule has 1 aliphatic carbocycles. The Balaban J connectivity index is 1.46. The third-order valence-electron chi connectivity index (χ3n) is 4.13. The first-order chi connectivity index (χ1) is 12.6. The van der Waals surface area contributed by atoms with Crippen LogP contribution in [0.2, 0.25) is 0 Å². The van der Waals surface area contributed by atoms with E-state index in [-0.39, 0.29) is 6.54 Å². The van der Waals surface area contributed by atoms with Crippen LogP contribution in [0.3, 0.4) is 0 Å². The third kappa shape index (κ3) is 4.43. The van der Waals surface area contributed by atoms with Crippen molar-refractivity contribution in [2.45, 2.75) is 44.2 Å². The highest BCUT2D eigenvalue weighted by Gasteiger charge is 2.33. The van der Waals surface area contributed by atoms with E-state index in [9.17, 15) is 14.9 Å². The molecule has 0 saturated heterocycles. The number of tetrazole rings is 1. The molecule has 1 amide bonds. The van der Waals surface area contributed by atoms with Crippen LogP contribution >= 0.6 is 11.3 Å². The number of ether oxygens (including phenoxy) is 1. The van der Waals surface area contributed by atoms with Gasteiger partial charge < -0.3 is 10.1 Å². The van der Waals surface area contributed by atoms with Crippen molar-refractivity contribution in [1.82, 2.24) is 25.5 Å². The van der Waals surface area contributed by atoms with Crippen molar-refractivity contribution in [2.75, 3.05) is 6.61 Å². The minimum atomic E-state index is -0.842. The maximum atomic E-state index is 12.0. The molecule has 136 valence electrons. The lowest BCUT2D eigenvalue weighted by atomic mass is 9.83. The Morgan fingerprint density at radius 3 is 2.88 bits per heavy atom. The molecule has 9 nitrogen and oxygen atoms in total. The molecule has 0 aromatic carbocycles. The highest BCUT2D eigenvalue weighted by molar-refractivity contribution is 7.13. The molecule has 1 N–H and O–H groups in total. The average molecular weight is 374 g/mol. The van der Waals surface area contributed by atoms with Crippen molar-refractivity contribution in [3.63, 3.8) is 0 Å². The van der Waals surface area contributed by atoms with Crippen molar-refractivity contribution < 1.29 is 14.3 Å². The zero-order valence-corrected chi connectivity index (χ0v) is 14.9. The van der Waals surface area contributed by atoms with Gasteiger partial charge in [-0.3, -0.25) is 4.79 Å². The Morgan fingerprint density at radius 2 is 2.19 bits per heavy atom. The Kier molecular flexibility index (Phi) is 5.58. The second-order valence-corrected chi connectivity index (χ2v) is 7.03. The lowest BCUT2D eigenvalue weighted by Gasteiger charge is -2.31. The van der Waals surface area contributed by atoms with E-state index in [1.165, 1.54) is 11.3 Å². The summed E-state index contributed by atoms with van der Waals surface area (Å²) in [6, 6.07) is 5.91. The van der Waals surface area contributed by atoms with Crippen LogP contribution in [0.5, 0.6) is 0 Å². The molecule has 3 rings (SSSR count). The highest BCUT2D eigenvalue weighted by atomic mass is 32.1. The lowest BCUT2D eigenvalue weighted by Crippen LogP contribution is -2.50. The zero-order valence-electron chi connectivity index (χ0n) is 14.1. The van der Waals surface area contributed by atoms with Gasteiger partial charge in [0.25, 0.3) is 5.91 Å². The fraction of sp³-hybridized carbons (Fsp3) is 0.500. The van der Waals surface area contributed by atoms with Crippen LogP contribution in [-0.4, -0.2) is 44.2 Å². The van der Waals surface area contributed by atoms with E-state index >= 15 is 0 Å². The summed E-state index contributed by atoms with van der Waals surface area (Å²) in [5.74, 6) is -0.698. The number of amides is 1. The molecule has 1 saturated carbocycles. The van der Waals surface area contributed by atoms with Crippen molar-refractivity contribution >= 4 is 23.2 Å². The molecular weight excluding hydrogens is 356 g/mol. The molecular formula is C16H18N6O3S. The first-order valence-electron chi connectivity index (χ1n) is 8.30. The van der Waals surface area contributed by atoms with Crippen LogP contribution in [0.15, 0.2) is 17.5 Å². The number of hydrogen-bond acceptors (Lipinski definition) is 8. The molecule has 1 aliphatic rings. The normalized spacial score (nSPS) is 15.8. The van der Waals surface area contributed by atoms with E-state index in [1.54, 1.807) is 0 Å². The Hall–Kier alpha value is -2.80. The van der Waals surface area contributed by atoms with Gasteiger partial charge in [-0.2, -0.15) is 10.1 Å². The number of nitriles is 1. The maximum Gasteiger partial charge on any atom is 0.330 e. The summed E-state index contributed by atoms with van der Waals surface area (Å²) in [5, 5.41) is 25.7. The van der Waals surface area contributed by atoms with Gasteiger partial charge in [0.15, 0.2) is 13.2 Å².